The molecule has 0 unspecified atom stereocenters. The SMILES string of the molecule is Cc1c(-c2ccncc2)c(C(F)(F)F)nn1C. The Morgan fingerprint density at radius 2 is 1.76 bits per heavy atom. The molecule has 0 amide bonds. The van der Waals surface area contributed by atoms with E-state index in [1.54, 1.807) is 19.1 Å². The van der Waals surface area contributed by atoms with E-state index >= 15 is 0 Å². The van der Waals surface area contributed by atoms with E-state index in [4.69, 9.17) is 0 Å². The molecule has 17 heavy (non-hydrogen) atoms. The number of alkyl halides is 3. The lowest BCUT2D eigenvalue weighted by molar-refractivity contribution is -0.140. The predicted octanol–water partition coefficient (Wildman–Crippen LogP) is 2.81. The first-order valence-corrected chi connectivity index (χ1v) is 4.92. The van der Waals surface area contributed by atoms with Gasteiger partial charge in [-0.1, -0.05) is 0 Å². The molecule has 0 aromatic carbocycles. The predicted molar refractivity (Wildman–Crippen MR) is 56.2 cm³/mol. The van der Waals surface area contributed by atoms with Crippen LogP contribution >= 0.6 is 0 Å². The van der Waals surface area contributed by atoms with Gasteiger partial charge in [-0.25, -0.2) is 0 Å². The second-order valence-corrected chi connectivity index (χ2v) is 3.67. The minimum Gasteiger partial charge on any atom is -0.272 e. The molecule has 0 saturated heterocycles. The highest BCUT2D eigenvalue weighted by Gasteiger charge is 2.38. The minimum absolute atomic E-state index is 0.113. The topological polar surface area (TPSA) is 30.7 Å². The summed E-state index contributed by atoms with van der Waals surface area (Å²) < 4.78 is 39.7. The monoisotopic (exact) mass is 241 g/mol. The van der Waals surface area contributed by atoms with Crippen molar-refractivity contribution >= 4 is 0 Å². The van der Waals surface area contributed by atoms with Crippen molar-refractivity contribution < 1.29 is 13.2 Å². The number of hydrogen-bond acceptors (Lipinski definition) is 2. The zero-order valence-corrected chi connectivity index (χ0v) is 9.28. The Kier molecular flexibility index (Phi) is 2.65. The van der Waals surface area contributed by atoms with E-state index in [0.29, 0.717) is 11.3 Å². The maximum Gasteiger partial charge on any atom is 0.435 e. The lowest BCUT2D eigenvalue weighted by Gasteiger charge is -2.06. The van der Waals surface area contributed by atoms with Crippen molar-refractivity contribution in [2.24, 2.45) is 7.05 Å². The highest BCUT2D eigenvalue weighted by molar-refractivity contribution is 5.68. The molecule has 2 aromatic rings. The summed E-state index contributed by atoms with van der Waals surface area (Å²) in [5, 5.41) is 3.53. The summed E-state index contributed by atoms with van der Waals surface area (Å²) in [6, 6.07) is 3.08. The molecule has 0 aliphatic heterocycles. The molecule has 0 saturated carbocycles. The lowest BCUT2D eigenvalue weighted by atomic mass is 10.0. The molecule has 2 rings (SSSR count). The van der Waals surface area contributed by atoms with Crippen LogP contribution in [0.5, 0.6) is 0 Å². The van der Waals surface area contributed by atoms with Crippen LogP contribution in [-0.4, -0.2) is 14.8 Å². The van der Waals surface area contributed by atoms with E-state index in [2.05, 4.69) is 10.1 Å². The number of aryl methyl sites for hydroxylation is 1. The summed E-state index contributed by atoms with van der Waals surface area (Å²) >= 11 is 0. The summed E-state index contributed by atoms with van der Waals surface area (Å²) in [5.41, 5.74) is 0.201. The molecule has 0 aliphatic rings. The van der Waals surface area contributed by atoms with Crippen molar-refractivity contribution in [1.82, 2.24) is 14.8 Å². The Balaban J connectivity index is 2.69. The van der Waals surface area contributed by atoms with Gasteiger partial charge in [0.25, 0.3) is 0 Å². The Hall–Kier alpha value is -1.85. The standard InChI is InChI=1S/C11H10F3N3/c1-7-9(8-3-5-15-6-4-8)10(11(12,13)14)16-17(7)2/h3-6H,1-2H3. The maximum atomic E-state index is 12.8. The van der Waals surface area contributed by atoms with Crippen LogP contribution in [0.4, 0.5) is 13.2 Å². The van der Waals surface area contributed by atoms with Crippen LogP contribution in [0, 0.1) is 6.92 Å². The van der Waals surface area contributed by atoms with Crippen molar-refractivity contribution in [1.29, 1.82) is 0 Å². The third-order valence-electron chi connectivity index (χ3n) is 2.57. The maximum absolute atomic E-state index is 12.8. The fourth-order valence-electron chi connectivity index (χ4n) is 1.67. The molecule has 0 spiro atoms. The van der Waals surface area contributed by atoms with Gasteiger partial charge in [0.05, 0.1) is 0 Å². The van der Waals surface area contributed by atoms with Gasteiger partial charge in [-0.15, -0.1) is 0 Å². The van der Waals surface area contributed by atoms with Gasteiger partial charge in [-0.2, -0.15) is 18.3 Å². The van der Waals surface area contributed by atoms with Crippen molar-refractivity contribution in [2.45, 2.75) is 13.1 Å². The molecule has 0 aliphatic carbocycles. The number of pyridine rings is 1. The molecular weight excluding hydrogens is 231 g/mol. The van der Waals surface area contributed by atoms with E-state index in [0.717, 1.165) is 0 Å². The van der Waals surface area contributed by atoms with Gasteiger partial charge in [0.15, 0.2) is 5.69 Å². The summed E-state index contributed by atoms with van der Waals surface area (Å²) in [6.45, 7) is 1.61. The fourth-order valence-corrected chi connectivity index (χ4v) is 1.67. The van der Waals surface area contributed by atoms with Gasteiger partial charge in [0.2, 0.25) is 0 Å². The normalized spacial score (nSPS) is 11.8. The van der Waals surface area contributed by atoms with Crippen LogP contribution in [0.15, 0.2) is 24.5 Å². The Bertz CT molecular complexity index is 529. The first-order chi connectivity index (χ1) is 7.91. The molecule has 0 bridgehead atoms. The average molecular weight is 241 g/mol. The second kappa shape index (κ2) is 3.87. The van der Waals surface area contributed by atoms with Gasteiger partial charge in [-0.3, -0.25) is 9.67 Å². The molecule has 0 fully saturated rings. The summed E-state index contributed by atoms with van der Waals surface area (Å²) in [7, 11) is 1.50. The smallest absolute Gasteiger partial charge is 0.272 e. The van der Waals surface area contributed by atoms with E-state index in [-0.39, 0.29) is 5.56 Å². The first-order valence-electron chi connectivity index (χ1n) is 4.92. The number of aromatic nitrogens is 3. The minimum atomic E-state index is -4.45. The molecule has 0 atom stereocenters. The largest absolute Gasteiger partial charge is 0.435 e. The quantitative estimate of drug-likeness (QED) is 0.768. The average Bonchev–Trinajstić information content (AvgIpc) is 2.57. The van der Waals surface area contributed by atoms with Crippen LogP contribution in [0.2, 0.25) is 0 Å². The summed E-state index contributed by atoms with van der Waals surface area (Å²) in [6.07, 6.45) is -1.53. The highest BCUT2D eigenvalue weighted by Crippen LogP contribution is 2.37. The van der Waals surface area contributed by atoms with E-state index in [1.165, 1.54) is 24.1 Å². The summed E-state index contributed by atoms with van der Waals surface area (Å²) in [4.78, 5) is 3.79. The molecule has 3 nitrogen and oxygen atoms in total. The van der Waals surface area contributed by atoms with Crippen LogP contribution in [0.25, 0.3) is 11.1 Å². The van der Waals surface area contributed by atoms with E-state index in [9.17, 15) is 13.2 Å². The Labute approximate surface area is 95.9 Å². The van der Waals surface area contributed by atoms with Crippen LogP contribution in [0.3, 0.4) is 0 Å². The lowest BCUT2D eigenvalue weighted by Crippen LogP contribution is -2.08. The number of halogens is 3. The third kappa shape index (κ3) is 2.02. The zero-order chi connectivity index (χ0) is 12.6. The highest BCUT2D eigenvalue weighted by atomic mass is 19.4. The van der Waals surface area contributed by atoms with Gasteiger partial charge < -0.3 is 0 Å². The van der Waals surface area contributed by atoms with Gasteiger partial charge >= 0.3 is 6.18 Å². The molecule has 0 N–H and O–H groups in total. The van der Waals surface area contributed by atoms with Crippen molar-refractivity contribution in [3.63, 3.8) is 0 Å². The number of rotatable bonds is 1. The summed E-state index contributed by atoms with van der Waals surface area (Å²) in [5.74, 6) is 0. The van der Waals surface area contributed by atoms with Crippen molar-refractivity contribution in [3.05, 3.63) is 35.9 Å². The fraction of sp³-hybridized carbons (Fsp3) is 0.273. The molecule has 6 heteroatoms. The Morgan fingerprint density at radius 1 is 1.18 bits per heavy atom. The third-order valence-corrected chi connectivity index (χ3v) is 2.57. The molecule has 2 heterocycles. The number of nitrogens with zero attached hydrogens (tertiary/aromatic N) is 3. The first kappa shape index (κ1) is 11.6. The van der Waals surface area contributed by atoms with E-state index < -0.39 is 11.9 Å². The van der Waals surface area contributed by atoms with Crippen molar-refractivity contribution in [3.8, 4) is 11.1 Å². The van der Waals surface area contributed by atoms with E-state index in [1.807, 2.05) is 0 Å². The van der Waals surface area contributed by atoms with Gasteiger partial charge in [0, 0.05) is 30.7 Å². The molecule has 0 radical (unpaired) electrons. The van der Waals surface area contributed by atoms with Crippen LogP contribution in [-0.2, 0) is 13.2 Å². The van der Waals surface area contributed by atoms with Crippen LogP contribution < -0.4 is 0 Å². The second-order valence-electron chi connectivity index (χ2n) is 3.67. The molecular formula is C11H10F3N3. The Morgan fingerprint density at radius 3 is 2.29 bits per heavy atom. The van der Waals surface area contributed by atoms with Gasteiger partial charge in [0.1, 0.15) is 0 Å². The van der Waals surface area contributed by atoms with Crippen LogP contribution in [0.1, 0.15) is 11.4 Å². The van der Waals surface area contributed by atoms with Gasteiger partial charge in [-0.05, 0) is 24.6 Å². The number of hydrogen-bond donors (Lipinski definition) is 0. The molecule has 90 valence electrons. The zero-order valence-electron chi connectivity index (χ0n) is 9.28. The molecule has 2 aromatic heterocycles. The van der Waals surface area contributed by atoms with Crippen molar-refractivity contribution in [2.75, 3.05) is 0 Å².